The van der Waals surface area contributed by atoms with Gasteiger partial charge in [-0.1, -0.05) is 0 Å². The predicted molar refractivity (Wildman–Crippen MR) is 106 cm³/mol. The van der Waals surface area contributed by atoms with E-state index in [1.165, 1.54) is 131 Å². The zero-order valence-electron chi connectivity index (χ0n) is 17.1. The Morgan fingerprint density at radius 3 is 0.667 bits per heavy atom. The Bertz CT molecular complexity index is 640. The van der Waals surface area contributed by atoms with Crippen LogP contribution in [-0.4, -0.2) is 52.7 Å². The van der Waals surface area contributed by atoms with Gasteiger partial charge in [0.2, 0.25) is 0 Å². The van der Waals surface area contributed by atoms with Gasteiger partial charge in [0.25, 0.3) is 0 Å². The fourth-order valence-electron chi connectivity index (χ4n) is 8.39. The highest BCUT2D eigenvalue weighted by molar-refractivity contribution is 5.54. The third-order valence-corrected chi connectivity index (χ3v) is 9.69. The molecule has 0 saturated carbocycles. The first-order chi connectivity index (χ1) is 13.2. The molecule has 7 rings (SSSR count). The van der Waals surface area contributed by atoms with Crippen LogP contribution in [0, 0.1) is 0 Å². The van der Waals surface area contributed by atoms with Crippen LogP contribution in [0.3, 0.4) is 0 Å². The maximum absolute atomic E-state index is 1.88. The maximum atomic E-state index is 1.88. The van der Waals surface area contributed by atoms with Gasteiger partial charge in [-0.15, -0.1) is 0 Å². The van der Waals surface area contributed by atoms with Crippen LogP contribution in [0.15, 0.2) is 0 Å². The van der Waals surface area contributed by atoms with Gasteiger partial charge in [-0.25, -0.2) is 0 Å². The average molecular weight is 367 g/mol. The number of quaternary nitrogens is 3. The van der Waals surface area contributed by atoms with E-state index in [0.717, 1.165) is 0 Å². The second-order valence-electron chi connectivity index (χ2n) is 11.3. The van der Waals surface area contributed by atoms with Crippen molar-refractivity contribution in [1.29, 1.82) is 0 Å². The van der Waals surface area contributed by atoms with Gasteiger partial charge < -0.3 is 13.4 Å². The van der Waals surface area contributed by atoms with E-state index in [4.69, 9.17) is 0 Å². The van der Waals surface area contributed by atoms with Crippen molar-refractivity contribution >= 4 is 0 Å². The van der Waals surface area contributed by atoms with Crippen molar-refractivity contribution in [3.05, 3.63) is 33.4 Å². The third kappa shape index (κ3) is 2.09. The summed E-state index contributed by atoms with van der Waals surface area (Å²) in [5, 5.41) is 0. The molecule has 1 aromatic rings. The molecule has 0 unspecified atom stereocenters. The van der Waals surface area contributed by atoms with E-state index < -0.39 is 0 Å². The van der Waals surface area contributed by atoms with Crippen LogP contribution in [-0.2, 0) is 39.3 Å². The topological polar surface area (TPSA) is 0 Å². The normalized spacial score (nSPS) is 30.7. The van der Waals surface area contributed by atoms with Gasteiger partial charge in [-0.2, -0.15) is 0 Å². The molecule has 0 bridgehead atoms. The molecule has 0 atom stereocenters. The third-order valence-electron chi connectivity index (χ3n) is 9.69. The molecule has 3 saturated heterocycles. The van der Waals surface area contributed by atoms with Crippen molar-refractivity contribution in [3.63, 3.8) is 0 Å². The fourth-order valence-corrected chi connectivity index (χ4v) is 8.39. The summed E-state index contributed by atoms with van der Waals surface area (Å²) in [5.41, 5.74) is 11.3. The Morgan fingerprint density at radius 2 is 0.481 bits per heavy atom. The lowest BCUT2D eigenvalue weighted by molar-refractivity contribution is -0.938. The molecule has 0 N–H and O–H groups in total. The van der Waals surface area contributed by atoms with Crippen LogP contribution in [0.5, 0.6) is 0 Å². The highest BCUT2D eigenvalue weighted by Gasteiger charge is 2.52. The van der Waals surface area contributed by atoms with Gasteiger partial charge in [0, 0.05) is 71.9 Å². The number of fused-ring (bicyclic) bond motifs is 6. The second-order valence-corrected chi connectivity index (χ2v) is 11.3. The molecule has 6 aliphatic heterocycles. The zero-order chi connectivity index (χ0) is 17.7. The summed E-state index contributed by atoms with van der Waals surface area (Å²) in [7, 11) is 0. The van der Waals surface area contributed by atoms with E-state index in [9.17, 15) is 0 Å². The van der Waals surface area contributed by atoms with Gasteiger partial charge in [0.1, 0.15) is 39.3 Å². The fraction of sp³-hybridized carbons (Fsp3) is 0.750. The average Bonchev–Trinajstić information content (AvgIpc) is 3.48. The van der Waals surface area contributed by atoms with Crippen LogP contribution in [0.4, 0.5) is 0 Å². The number of nitrogens with zero attached hydrogens (tertiary/aromatic N) is 3. The van der Waals surface area contributed by atoms with Crippen molar-refractivity contribution in [2.24, 2.45) is 0 Å². The van der Waals surface area contributed by atoms with Gasteiger partial charge in [0.05, 0.1) is 39.3 Å². The molecule has 0 aromatic heterocycles. The lowest BCUT2D eigenvalue weighted by Gasteiger charge is -2.29. The zero-order valence-corrected chi connectivity index (χ0v) is 17.1. The Labute approximate surface area is 164 Å². The number of hydrogen-bond acceptors (Lipinski definition) is 0. The molecule has 144 valence electrons. The minimum absolute atomic E-state index is 1.39. The van der Waals surface area contributed by atoms with Crippen molar-refractivity contribution in [1.82, 2.24) is 0 Å². The number of hydrogen-bond donors (Lipinski definition) is 0. The monoisotopic (exact) mass is 366 g/mol. The molecule has 6 heterocycles. The molecule has 0 radical (unpaired) electrons. The highest BCUT2D eigenvalue weighted by atomic mass is 15.4. The summed E-state index contributed by atoms with van der Waals surface area (Å²) in [5.74, 6) is 0. The molecule has 3 heteroatoms. The molecule has 0 aliphatic carbocycles. The van der Waals surface area contributed by atoms with Crippen molar-refractivity contribution < 1.29 is 13.4 Å². The van der Waals surface area contributed by atoms with Gasteiger partial charge in [0.15, 0.2) is 0 Å². The van der Waals surface area contributed by atoms with Crippen LogP contribution >= 0.6 is 0 Å². The summed E-state index contributed by atoms with van der Waals surface area (Å²) >= 11 is 0. The van der Waals surface area contributed by atoms with Gasteiger partial charge >= 0.3 is 0 Å². The summed E-state index contributed by atoms with van der Waals surface area (Å²) in [6, 6.07) is 0. The molecule has 0 amide bonds. The molecule has 27 heavy (non-hydrogen) atoms. The van der Waals surface area contributed by atoms with E-state index >= 15 is 0 Å². The van der Waals surface area contributed by atoms with Crippen LogP contribution in [0.1, 0.15) is 71.9 Å². The second kappa shape index (κ2) is 5.17. The molecule has 3 spiro atoms. The predicted octanol–water partition coefficient (Wildman–Crippen LogP) is 3.56. The Hall–Kier alpha value is -0.900. The Balaban J connectivity index is 1.39. The first-order valence-electron chi connectivity index (χ1n) is 11.9. The van der Waals surface area contributed by atoms with Crippen LogP contribution in [0.2, 0.25) is 0 Å². The largest absolute Gasteiger partial charge is 0.316 e. The summed E-state index contributed by atoms with van der Waals surface area (Å²) in [4.78, 5) is 0. The SMILES string of the molecule is C1CC[N+]2(C1)Cc1c3c(c4c(c1C2)C[N+]1(CCCC1)C4)C[N+]1(CCCC1)C3. The molecular formula is C24H36N3+3. The van der Waals surface area contributed by atoms with E-state index in [0.29, 0.717) is 0 Å². The van der Waals surface area contributed by atoms with Gasteiger partial charge in [-0.05, 0) is 0 Å². The van der Waals surface area contributed by atoms with Gasteiger partial charge in [-0.3, -0.25) is 0 Å². The first kappa shape index (κ1) is 16.0. The minimum Gasteiger partial charge on any atom is -0.316 e. The summed E-state index contributed by atoms with van der Waals surface area (Å²) in [6.07, 6.45) is 8.82. The number of rotatable bonds is 0. The summed E-state index contributed by atoms with van der Waals surface area (Å²) < 4.78 is 4.29. The standard InChI is InChI=1S/C24H36N3/c1-2-8-25(7-1)13-19-20(14-25)22-16-27(11-5-6-12-27)18-24(22)23-17-26(15-21(19)23)9-3-4-10-26/h1-18H2/q+3. The maximum Gasteiger partial charge on any atom is 0.106 e. The van der Waals surface area contributed by atoms with Crippen molar-refractivity contribution in [2.45, 2.75) is 77.8 Å². The first-order valence-corrected chi connectivity index (χ1v) is 11.9. The Kier molecular flexibility index (Phi) is 3.06. The lowest BCUT2D eigenvalue weighted by atomic mass is 9.90. The molecule has 3 nitrogen and oxygen atoms in total. The molecule has 6 aliphatic rings. The van der Waals surface area contributed by atoms with Crippen LogP contribution in [0.25, 0.3) is 0 Å². The molecule has 1 aromatic carbocycles. The lowest BCUT2D eigenvalue weighted by Crippen LogP contribution is -2.40. The summed E-state index contributed by atoms with van der Waals surface area (Å²) in [6.45, 7) is 17.1. The number of benzene rings is 1. The van der Waals surface area contributed by atoms with E-state index in [1.54, 1.807) is 0 Å². The van der Waals surface area contributed by atoms with E-state index in [2.05, 4.69) is 0 Å². The van der Waals surface area contributed by atoms with Crippen molar-refractivity contribution in [2.75, 3.05) is 39.3 Å². The van der Waals surface area contributed by atoms with E-state index in [-0.39, 0.29) is 0 Å². The minimum atomic E-state index is 1.39. The highest BCUT2D eigenvalue weighted by Crippen LogP contribution is 2.50. The van der Waals surface area contributed by atoms with E-state index in [1.807, 2.05) is 33.4 Å². The quantitative estimate of drug-likeness (QED) is 0.616. The van der Waals surface area contributed by atoms with Crippen molar-refractivity contribution in [3.8, 4) is 0 Å². The van der Waals surface area contributed by atoms with Crippen LogP contribution < -0.4 is 0 Å². The molecular weight excluding hydrogens is 330 g/mol. The Morgan fingerprint density at radius 1 is 0.296 bits per heavy atom. The smallest absolute Gasteiger partial charge is 0.106 e. The molecule has 3 fully saturated rings.